The summed E-state index contributed by atoms with van der Waals surface area (Å²) in [6.45, 7) is 0. The second-order valence-corrected chi connectivity index (χ2v) is 15.4. The zero-order valence-corrected chi connectivity index (χ0v) is 34.0. The number of rotatable bonds is 8. The first-order chi connectivity index (χ1) is 31.2. The van der Waals surface area contributed by atoms with Gasteiger partial charge < -0.3 is 4.57 Å². The predicted molar refractivity (Wildman–Crippen MR) is 255 cm³/mol. The van der Waals surface area contributed by atoms with Gasteiger partial charge in [0.25, 0.3) is 0 Å². The van der Waals surface area contributed by atoms with Crippen molar-refractivity contribution in [3.63, 3.8) is 0 Å². The van der Waals surface area contributed by atoms with Gasteiger partial charge in [0.05, 0.1) is 51.1 Å². The Labute approximate surface area is 364 Å². The molecular formula is C57H36N6. The third-order valence-corrected chi connectivity index (χ3v) is 11.5. The number of nitriles is 1. The molecule has 0 amide bonds. The Balaban J connectivity index is 1.19. The summed E-state index contributed by atoms with van der Waals surface area (Å²) in [5, 5.41) is 11.9. The van der Waals surface area contributed by atoms with Gasteiger partial charge in [0.15, 0.2) is 11.6 Å². The lowest BCUT2D eigenvalue weighted by Gasteiger charge is -2.17. The van der Waals surface area contributed by atoms with Crippen molar-refractivity contribution in [3.8, 4) is 90.7 Å². The Morgan fingerprint density at radius 3 is 1.43 bits per heavy atom. The average molecular weight is 805 g/mol. The van der Waals surface area contributed by atoms with E-state index in [1.807, 2.05) is 103 Å². The number of nitrogens with zero attached hydrogens (tertiary/aromatic N) is 6. The Morgan fingerprint density at radius 2 is 0.810 bits per heavy atom. The summed E-state index contributed by atoms with van der Waals surface area (Å²) in [5.74, 6) is 1.28. The van der Waals surface area contributed by atoms with Gasteiger partial charge in [0, 0.05) is 44.2 Å². The van der Waals surface area contributed by atoms with Crippen LogP contribution in [0, 0.1) is 11.3 Å². The highest BCUT2D eigenvalue weighted by Crippen LogP contribution is 2.41. The largest absolute Gasteiger partial charge is 0.309 e. The third-order valence-electron chi connectivity index (χ3n) is 11.5. The first-order valence-corrected chi connectivity index (χ1v) is 20.9. The van der Waals surface area contributed by atoms with Crippen LogP contribution in [0.5, 0.6) is 0 Å². The zero-order valence-electron chi connectivity index (χ0n) is 34.0. The number of hydrogen-bond donors (Lipinski definition) is 0. The molecular weight excluding hydrogens is 769 g/mol. The SMILES string of the molecule is N#Cc1cccc(-c2ccc3c(c2)c2ccccc2n3-c2ccc(-c3cc(-c4ccccc4)nc(-c4ccccc4)n3)cc2-c2cc(-c3ccccc3)nc(-c3ccccc3)n2)c1. The second kappa shape index (κ2) is 16.0. The maximum Gasteiger partial charge on any atom is 0.160 e. The van der Waals surface area contributed by atoms with E-state index in [1.165, 1.54) is 0 Å². The minimum atomic E-state index is 0.629. The smallest absolute Gasteiger partial charge is 0.160 e. The lowest BCUT2D eigenvalue weighted by molar-refractivity contribution is 1.15. The van der Waals surface area contributed by atoms with E-state index in [9.17, 15) is 5.26 Å². The van der Waals surface area contributed by atoms with E-state index >= 15 is 0 Å². The van der Waals surface area contributed by atoms with Gasteiger partial charge in [-0.2, -0.15) is 5.26 Å². The van der Waals surface area contributed by atoms with Crippen molar-refractivity contribution in [1.82, 2.24) is 24.5 Å². The van der Waals surface area contributed by atoms with Gasteiger partial charge in [-0.25, -0.2) is 19.9 Å². The molecule has 11 aromatic rings. The van der Waals surface area contributed by atoms with Gasteiger partial charge in [0.2, 0.25) is 0 Å². The quantitative estimate of drug-likeness (QED) is 0.153. The van der Waals surface area contributed by atoms with Gasteiger partial charge >= 0.3 is 0 Å². The number of benzene rings is 8. The lowest BCUT2D eigenvalue weighted by atomic mass is 9.99. The monoisotopic (exact) mass is 804 g/mol. The number of aromatic nitrogens is 5. The predicted octanol–water partition coefficient (Wildman–Crippen LogP) is 13.9. The van der Waals surface area contributed by atoms with Gasteiger partial charge in [-0.05, 0) is 65.7 Å². The van der Waals surface area contributed by atoms with Gasteiger partial charge in [-0.1, -0.05) is 164 Å². The van der Waals surface area contributed by atoms with Crippen LogP contribution in [0.3, 0.4) is 0 Å². The van der Waals surface area contributed by atoms with E-state index in [2.05, 4.69) is 126 Å². The van der Waals surface area contributed by atoms with Crippen LogP contribution in [-0.2, 0) is 0 Å². The van der Waals surface area contributed by atoms with E-state index in [0.717, 1.165) is 94.8 Å². The highest BCUT2D eigenvalue weighted by molar-refractivity contribution is 6.11. The average Bonchev–Trinajstić information content (AvgIpc) is 3.70. The molecule has 0 aliphatic heterocycles. The van der Waals surface area contributed by atoms with Crippen molar-refractivity contribution in [2.75, 3.05) is 0 Å². The molecule has 294 valence electrons. The first-order valence-electron chi connectivity index (χ1n) is 20.9. The Hall–Kier alpha value is -8.79. The Kier molecular flexibility index (Phi) is 9.45. The molecule has 3 heterocycles. The normalized spacial score (nSPS) is 11.2. The summed E-state index contributed by atoms with van der Waals surface area (Å²) < 4.78 is 2.34. The molecule has 3 aromatic heterocycles. The first kappa shape index (κ1) is 37.2. The van der Waals surface area contributed by atoms with E-state index in [1.54, 1.807) is 0 Å². The molecule has 0 N–H and O–H groups in total. The number of hydrogen-bond acceptors (Lipinski definition) is 5. The molecule has 0 bridgehead atoms. The van der Waals surface area contributed by atoms with Crippen LogP contribution in [0.15, 0.2) is 218 Å². The molecule has 0 unspecified atom stereocenters. The van der Waals surface area contributed by atoms with Crippen LogP contribution in [-0.4, -0.2) is 24.5 Å². The molecule has 0 spiro atoms. The molecule has 6 heteroatoms. The van der Waals surface area contributed by atoms with E-state index in [4.69, 9.17) is 19.9 Å². The van der Waals surface area contributed by atoms with Crippen LogP contribution < -0.4 is 0 Å². The van der Waals surface area contributed by atoms with Gasteiger partial charge in [-0.15, -0.1) is 0 Å². The summed E-state index contributed by atoms with van der Waals surface area (Å²) in [6.07, 6.45) is 0. The fraction of sp³-hybridized carbons (Fsp3) is 0. The highest BCUT2D eigenvalue weighted by atomic mass is 15.0. The van der Waals surface area contributed by atoms with Crippen LogP contribution in [0.2, 0.25) is 0 Å². The van der Waals surface area contributed by atoms with Crippen molar-refractivity contribution in [2.24, 2.45) is 0 Å². The lowest BCUT2D eigenvalue weighted by Crippen LogP contribution is -2.02. The molecule has 0 saturated heterocycles. The van der Waals surface area contributed by atoms with Gasteiger partial charge in [-0.3, -0.25) is 0 Å². The standard InChI is InChI=1S/C57H36N6/c58-37-38-16-15-25-43(32-38)44-28-30-54-47(33-44)46-26-13-14-27-53(46)63(54)55-31-29-45(51-35-49(39-17-5-1-6-18-39)59-56(61-51)41-21-9-3-10-22-41)34-48(55)52-36-50(40-19-7-2-8-20-40)60-57(62-52)42-23-11-4-12-24-42/h1-36H. The molecule has 6 nitrogen and oxygen atoms in total. The molecule has 63 heavy (non-hydrogen) atoms. The molecule has 0 radical (unpaired) electrons. The van der Waals surface area contributed by atoms with Crippen molar-refractivity contribution >= 4 is 21.8 Å². The molecule has 0 saturated carbocycles. The van der Waals surface area contributed by atoms with E-state index in [0.29, 0.717) is 17.2 Å². The van der Waals surface area contributed by atoms with Gasteiger partial charge in [0.1, 0.15) is 0 Å². The highest BCUT2D eigenvalue weighted by Gasteiger charge is 2.21. The number of para-hydroxylation sites is 1. The van der Waals surface area contributed by atoms with E-state index < -0.39 is 0 Å². The zero-order chi connectivity index (χ0) is 42.1. The molecule has 0 aliphatic rings. The van der Waals surface area contributed by atoms with Crippen molar-refractivity contribution in [2.45, 2.75) is 0 Å². The summed E-state index contributed by atoms with van der Waals surface area (Å²) >= 11 is 0. The molecule has 0 fully saturated rings. The summed E-state index contributed by atoms with van der Waals surface area (Å²) in [5.41, 5.74) is 14.7. The minimum absolute atomic E-state index is 0.629. The van der Waals surface area contributed by atoms with Crippen LogP contribution >= 0.6 is 0 Å². The fourth-order valence-corrected chi connectivity index (χ4v) is 8.40. The second-order valence-electron chi connectivity index (χ2n) is 15.4. The maximum atomic E-state index is 9.69. The Bertz CT molecular complexity index is 3390. The Morgan fingerprint density at radius 1 is 0.333 bits per heavy atom. The van der Waals surface area contributed by atoms with E-state index in [-0.39, 0.29) is 0 Å². The molecule has 0 atom stereocenters. The number of fused-ring (bicyclic) bond motifs is 3. The van der Waals surface area contributed by atoms with Crippen molar-refractivity contribution in [1.29, 1.82) is 5.26 Å². The molecule has 11 rings (SSSR count). The van der Waals surface area contributed by atoms with Crippen molar-refractivity contribution in [3.05, 3.63) is 224 Å². The van der Waals surface area contributed by atoms with Crippen LogP contribution in [0.1, 0.15) is 5.56 Å². The van der Waals surface area contributed by atoms with Crippen molar-refractivity contribution < 1.29 is 0 Å². The maximum absolute atomic E-state index is 9.69. The molecule has 8 aromatic carbocycles. The fourth-order valence-electron chi connectivity index (χ4n) is 8.40. The van der Waals surface area contributed by atoms with Crippen LogP contribution in [0.25, 0.3) is 106 Å². The third kappa shape index (κ3) is 7.10. The summed E-state index contributed by atoms with van der Waals surface area (Å²) in [7, 11) is 0. The van der Waals surface area contributed by atoms with Crippen LogP contribution in [0.4, 0.5) is 0 Å². The summed E-state index contributed by atoms with van der Waals surface area (Å²) in [6, 6.07) is 76.8. The topological polar surface area (TPSA) is 80.3 Å². The minimum Gasteiger partial charge on any atom is -0.309 e. The molecule has 0 aliphatic carbocycles. The summed E-state index contributed by atoms with van der Waals surface area (Å²) in [4.78, 5) is 20.9.